The number of hydrogen-bond acceptors (Lipinski definition) is 3. The van der Waals surface area contributed by atoms with Crippen molar-refractivity contribution in [3.05, 3.63) is 0 Å². The molecule has 1 saturated heterocycles. The van der Waals surface area contributed by atoms with E-state index in [1.54, 1.807) is 0 Å². The third-order valence-corrected chi connectivity index (χ3v) is 3.84. The molecule has 2 atom stereocenters. The fourth-order valence-corrected chi connectivity index (χ4v) is 2.78. The molecule has 1 aliphatic carbocycles. The van der Waals surface area contributed by atoms with Crippen molar-refractivity contribution in [3.8, 4) is 0 Å². The summed E-state index contributed by atoms with van der Waals surface area (Å²) in [7, 11) is 0. The second-order valence-electron chi connectivity index (χ2n) is 5.27. The van der Waals surface area contributed by atoms with Gasteiger partial charge in [0.05, 0.1) is 6.10 Å². The standard InChI is InChI=1S/C13H24N2O2.ClH/c1-2-12(17-11-5-3-4-6-11)13(16)15-8-7-10(14)9-15;/h10-12H,2-9,14H2,1H3;1H/t10-,12?;/m1./s1. The molecule has 1 saturated carbocycles. The molecule has 1 aliphatic heterocycles. The molecule has 0 aromatic carbocycles. The van der Waals surface area contributed by atoms with Crippen molar-refractivity contribution < 1.29 is 9.53 Å². The number of carbonyl (C=O) groups excluding carboxylic acids is 1. The van der Waals surface area contributed by atoms with Gasteiger partial charge in [-0.25, -0.2) is 0 Å². The maximum absolute atomic E-state index is 12.3. The number of carbonyl (C=O) groups is 1. The molecule has 2 N–H and O–H groups in total. The zero-order chi connectivity index (χ0) is 12.3. The number of hydrogen-bond donors (Lipinski definition) is 1. The van der Waals surface area contributed by atoms with Gasteiger partial charge in [0.2, 0.25) is 0 Å². The molecular formula is C13H25ClN2O2. The number of nitrogens with two attached hydrogens (primary N) is 1. The first-order valence-electron chi connectivity index (χ1n) is 6.90. The van der Waals surface area contributed by atoms with Gasteiger partial charge < -0.3 is 15.4 Å². The van der Waals surface area contributed by atoms with Crippen molar-refractivity contribution >= 4 is 18.3 Å². The Labute approximate surface area is 116 Å². The second-order valence-corrected chi connectivity index (χ2v) is 5.27. The normalized spacial score (nSPS) is 26.1. The molecule has 106 valence electrons. The summed E-state index contributed by atoms with van der Waals surface area (Å²) in [5.74, 6) is 0.146. The van der Waals surface area contributed by atoms with Crippen molar-refractivity contribution in [2.24, 2.45) is 5.73 Å². The molecule has 5 heteroatoms. The lowest BCUT2D eigenvalue weighted by Gasteiger charge is -2.25. The number of likely N-dealkylation sites (tertiary alicyclic amines) is 1. The highest BCUT2D eigenvalue weighted by atomic mass is 35.5. The number of nitrogens with zero attached hydrogens (tertiary/aromatic N) is 1. The summed E-state index contributed by atoms with van der Waals surface area (Å²) >= 11 is 0. The van der Waals surface area contributed by atoms with Crippen LogP contribution in [0.2, 0.25) is 0 Å². The van der Waals surface area contributed by atoms with Crippen LogP contribution in [0.4, 0.5) is 0 Å². The maximum Gasteiger partial charge on any atom is 0.251 e. The van der Waals surface area contributed by atoms with Crippen LogP contribution in [0.15, 0.2) is 0 Å². The molecule has 0 spiro atoms. The highest BCUT2D eigenvalue weighted by molar-refractivity contribution is 5.85. The molecule has 0 bridgehead atoms. The Morgan fingerprint density at radius 1 is 1.39 bits per heavy atom. The van der Waals surface area contributed by atoms with E-state index in [1.165, 1.54) is 12.8 Å². The van der Waals surface area contributed by atoms with Crippen molar-refractivity contribution in [3.63, 3.8) is 0 Å². The Kier molecular flexibility index (Phi) is 6.39. The fraction of sp³-hybridized carbons (Fsp3) is 0.923. The first-order valence-corrected chi connectivity index (χ1v) is 6.90. The van der Waals surface area contributed by atoms with Gasteiger partial charge in [-0.05, 0) is 25.7 Å². The predicted molar refractivity (Wildman–Crippen MR) is 73.8 cm³/mol. The summed E-state index contributed by atoms with van der Waals surface area (Å²) in [6, 6.07) is 0.155. The van der Waals surface area contributed by atoms with Crippen LogP contribution in [0.1, 0.15) is 45.4 Å². The van der Waals surface area contributed by atoms with Crippen molar-refractivity contribution in [1.82, 2.24) is 4.90 Å². The van der Waals surface area contributed by atoms with Gasteiger partial charge in [0.1, 0.15) is 6.10 Å². The zero-order valence-corrected chi connectivity index (χ0v) is 12.0. The minimum absolute atomic E-state index is 0. The van der Waals surface area contributed by atoms with Crippen LogP contribution in [-0.4, -0.2) is 42.1 Å². The second kappa shape index (κ2) is 7.31. The molecule has 2 rings (SSSR count). The van der Waals surface area contributed by atoms with E-state index in [1.807, 2.05) is 11.8 Å². The third kappa shape index (κ3) is 3.84. The van der Waals surface area contributed by atoms with Crippen LogP contribution < -0.4 is 5.73 Å². The average Bonchev–Trinajstić information content (AvgIpc) is 2.96. The monoisotopic (exact) mass is 276 g/mol. The lowest BCUT2D eigenvalue weighted by molar-refractivity contribution is -0.146. The van der Waals surface area contributed by atoms with Gasteiger partial charge in [-0.1, -0.05) is 19.8 Å². The molecule has 0 radical (unpaired) electrons. The van der Waals surface area contributed by atoms with Gasteiger partial charge in [-0.3, -0.25) is 4.79 Å². The summed E-state index contributed by atoms with van der Waals surface area (Å²) in [6.45, 7) is 3.52. The Morgan fingerprint density at radius 2 is 2.06 bits per heavy atom. The molecule has 0 aromatic rings. The Bertz CT molecular complexity index is 270. The van der Waals surface area contributed by atoms with Gasteiger partial charge in [0.15, 0.2) is 0 Å². The summed E-state index contributed by atoms with van der Waals surface area (Å²) in [5.41, 5.74) is 5.83. The highest BCUT2D eigenvalue weighted by Gasteiger charge is 2.31. The van der Waals surface area contributed by atoms with Crippen LogP contribution in [0.25, 0.3) is 0 Å². The van der Waals surface area contributed by atoms with E-state index in [2.05, 4.69) is 0 Å². The van der Waals surface area contributed by atoms with Crippen molar-refractivity contribution in [1.29, 1.82) is 0 Å². The van der Waals surface area contributed by atoms with Gasteiger partial charge in [0.25, 0.3) is 5.91 Å². The summed E-state index contributed by atoms with van der Waals surface area (Å²) in [4.78, 5) is 14.1. The first-order chi connectivity index (χ1) is 8.20. The summed E-state index contributed by atoms with van der Waals surface area (Å²) in [5, 5.41) is 0. The highest BCUT2D eigenvalue weighted by Crippen LogP contribution is 2.24. The SMILES string of the molecule is CCC(OC1CCCC1)C(=O)N1CC[C@@H](N)C1.Cl. The summed E-state index contributed by atoms with van der Waals surface area (Å²) in [6.07, 6.45) is 6.45. The predicted octanol–water partition coefficient (Wildman–Crippen LogP) is 1.71. The van der Waals surface area contributed by atoms with Crippen molar-refractivity contribution in [2.45, 2.75) is 63.7 Å². The molecule has 2 fully saturated rings. The number of ether oxygens (including phenoxy) is 1. The molecule has 2 aliphatic rings. The van der Waals surface area contributed by atoms with Gasteiger partial charge in [0, 0.05) is 19.1 Å². The van der Waals surface area contributed by atoms with Crippen LogP contribution in [0, 0.1) is 0 Å². The molecule has 4 nitrogen and oxygen atoms in total. The van der Waals surface area contributed by atoms with Crippen LogP contribution in [-0.2, 0) is 9.53 Å². The van der Waals surface area contributed by atoms with Crippen LogP contribution >= 0.6 is 12.4 Å². The van der Waals surface area contributed by atoms with E-state index in [9.17, 15) is 4.79 Å². The zero-order valence-electron chi connectivity index (χ0n) is 11.1. The van der Waals surface area contributed by atoms with E-state index in [-0.39, 0.29) is 30.5 Å². The average molecular weight is 277 g/mol. The van der Waals surface area contributed by atoms with Gasteiger partial charge >= 0.3 is 0 Å². The molecule has 1 amide bonds. The van der Waals surface area contributed by atoms with Gasteiger partial charge in [-0.2, -0.15) is 0 Å². The van der Waals surface area contributed by atoms with E-state index >= 15 is 0 Å². The fourth-order valence-electron chi connectivity index (χ4n) is 2.78. The van der Waals surface area contributed by atoms with E-state index < -0.39 is 0 Å². The Morgan fingerprint density at radius 3 is 2.56 bits per heavy atom. The largest absolute Gasteiger partial charge is 0.365 e. The van der Waals surface area contributed by atoms with E-state index in [4.69, 9.17) is 10.5 Å². The maximum atomic E-state index is 12.3. The number of amides is 1. The third-order valence-electron chi connectivity index (χ3n) is 3.84. The minimum atomic E-state index is -0.247. The van der Waals surface area contributed by atoms with Crippen molar-refractivity contribution in [2.75, 3.05) is 13.1 Å². The summed E-state index contributed by atoms with van der Waals surface area (Å²) < 4.78 is 5.94. The number of halogens is 1. The molecule has 0 aromatic heterocycles. The van der Waals surface area contributed by atoms with Crippen LogP contribution in [0.3, 0.4) is 0 Å². The Hall–Kier alpha value is -0.320. The van der Waals surface area contributed by atoms with E-state index in [0.717, 1.165) is 32.2 Å². The first kappa shape index (κ1) is 15.7. The molecule has 18 heavy (non-hydrogen) atoms. The molecule has 1 heterocycles. The smallest absolute Gasteiger partial charge is 0.251 e. The topological polar surface area (TPSA) is 55.6 Å². The van der Waals surface area contributed by atoms with E-state index in [0.29, 0.717) is 12.6 Å². The molecular weight excluding hydrogens is 252 g/mol. The number of rotatable bonds is 4. The quantitative estimate of drug-likeness (QED) is 0.850. The van der Waals surface area contributed by atoms with Crippen LogP contribution in [0.5, 0.6) is 0 Å². The lowest BCUT2D eigenvalue weighted by Crippen LogP contribution is -2.41. The molecule has 1 unspecified atom stereocenters. The van der Waals surface area contributed by atoms with Gasteiger partial charge in [-0.15, -0.1) is 12.4 Å². The lowest BCUT2D eigenvalue weighted by atomic mass is 10.2. The Balaban J connectivity index is 0.00000162. The minimum Gasteiger partial charge on any atom is -0.365 e.